The van der Waals surface area contributed by atoms with Crippen LogP contribution in [0.5, 0.6) is 0 Å². The molecule has 0 saturated carbocycles. The van der Waals surface area contributed by atoms with Crippen LogP contribution in [0.2, 0.25) is 0 Å². The predicted octanol–water partition coefficient (Wildman–Crippen LogP) is 1.56. The third kappa shape index (κ3) is 4.39. The van der Waals surface area contributed by atoms with Crippen LogP contribution in [0, 0.1) is 5.82 Å². The molecule has 1 heterocycles. The summed E-state index contributed by atoms with van der Waals surface area (Å²) in [7, 11) is -3.86. The van der Waals surface area contributed by atoms with Crippen LogP contribution in [0.25, 0.3) is 0 Å². The van der Waals surface area contributed by atoms with E-state index < -0.39 is 15.8 Å². The van der Waals surface area contributed by atoms with Crippen molar-refractivity contribution in [3.8, 4) is 0 Å². The van der Waals surface area contributed by atoms with Crippen molar-refractivity contribution in [2.75, 3.05) is 25.4 Å². The molecule has 1 aliphatic rings. The van der Waals surface area contributed by atoms with E-state index in [1.807, 2.05) is 0 Å². The fourth-order valence-electron chi connectivity index (χ4n) is 2.63. The maximum absolute atomic E-state index is 13.7. The molecule has 118 valence electrons. The lowest BCUT2D eigenvalue weighted by Gasteiger charge is -2.29. The number of rotatable bonds is 5. The molecular formula is C14H22FN3O2S. The standard InChI is InChI=1S/C14H22FN3O2S/c1-11(10-18-7-3-2-4-8-18)17-21(19,20)14-6-5-12(16)9-13(14)15/h5-6,9,11,17H,2-4,7-8,10,16H2,1H3. The molecule has 2 rings (SSSR count). The van der Waals surface area contributed by atoms with Crippen LogP contribution in [0.3, 0.4) is 0 Å². The molecule has 1 atom stereocenters. The largest absolute Gasteiger partial charge is 0.399 e. The zero-order valence-electron chi connectivity index (χ0n) is 12.2. The van der Waals surface area contributed by atoms with E-state index in [0.29, 0.717) is 6.54 Å². The maximum atomic E-state index is 13.7. The Hall–Kier alpha value is -1.18. The summed E-state index contributed by atoms with van der Waals surface area (Å²) in [6.45, 7) is 4.40. The van der Waals surface area contributed by atoms with Gasteiger partial charge in [-0.05, 0) is 51.1 Å². The Morgan fingerprint density at radius 1 is 1.33 bits per heavy atom. The minimum absolute atomic E-state index is 0.202. The molecule has 0 radical (unpaired) electrons. The van der Waals surface area contributed by atoms with Gasteiger partial charge >= 0.3 is 0 Å². The summed E-state index contributed by atoms with van der Waals surface area (Å²) in [6.07, 6.45) is 3.52. The lowest BCUT2D eigenvalue weighted by atomic mass is 10.1. The number of hydrogen-bond acceptors (Lipinski definition) is 4. The summed E-state index contributed by atoms with van der Waals surface area (Å²) in [4.78, 5) is 1.87. The third-order valence-electron chi connectivity index (χ3n) is 3.58. The molecule has 1 aliphatic heterocycles. The van der Waals surface area contributed by atoms with E-state index in [2.05, 4.69) is 9.62 Å². The number of piperidine rings is 1. The van der Waals surface area contributed by atoms with Crippen molar-refractivity contribution in [1.29, 1.82) is 0 Å². The summed E-state index contributed by atoms with van der Waals surface area (Å²) in [5, 5.41) is 0. The number of sulfonamides is 1. The van der Waals surface area contributed by atoms with E-state index in [-0.39, 0.29) is 16.6 Å². The number of benzene rings is 1. The Kier molecular flexibility index (Phi) is 5.18. The van der Waals surface area contributed by atoms with Gasteiger partial charge in [-0.1, -0.05) is 6.42 Å². The normalized spacial score (nSPS) is 18.6. The van der Waals surface area contributed by atoms with Crippen molar-refractivity contribution in [3.63, 3.8) is 0 Å². The Balaban J connectivity index is 2.02. The molecule has 5 nitrogen and oxygen atoms in total. The topological polar surface area (TPSA) is 75.4 Å². The van der Waals surface area contributed by atoms with Gasteiger partial charge < -0.3 is 10.6 Å². The Morgan fingerprint density at radius 3 is 2.62 bits per heavy atom. The Morgan fingerprint density at radius 2 is 2.00 bits per heavy atom. The van der Waals surface area contributed by atoms with Crippen LogP contribution in [-0.4, -0.2) is 39.0 Å². The third-order valence-corrected chi connectivity index (χ3v) is 5.21. The molecule has 21 heavy (non-hydrogen) atoms. The zero-order valence-corrected chi connectivity index (χ0v) is 13.0. The lowest BCUT2D eigenvalue weighted by Crippen LogP contribution is -2.43. The first-order chi connectivity index (χ1) is 9.88. The van der Waals surface area contributed by atoms with Crippen LogP contribution in [0.1, 0.15) is 26.2 Å². The van der Waals surface area contributed by atoms with E-state index in [9.17, 15) is 12.8 Å². The minimum atomic E-state index is -3.86. The average Bonchev–Trinajstić information content (AvgIpc) is 2.38. The molecule has 0 spiro atoms. The summed E-state index contributed by atoms with van der Waals surface area (Å²) >= 11 is 0. The Labute approximate surface area is 125 Å². The van der Waals surface area contributed by atoms with Crippen LogP contribution in [-0.2, 0) is 10.0 Å². The summed E-state index contributed by atoms with van der Waals surface area (Å²) in [5.74, 6) is -0.826. The smallest absolute Gasteiger partial charge is 0.243 e. The Bertz CT molecular complexity index is 586. The van der Waals surface area contributed by atoms with Gasteiger partial charge in [0, 0.05) is 18.3 Å². The fourth-order valence-corrected chi connectivity index (χ4v) is 3.92. The first-order valence-electron chi connectivity index (χ1n) is 7.18. The van der Waals surface area contributed by atoms with Crippen molar-refractivity contribution >= 4 is 15.7 Å². The van der Waals surface area contributed by atoms with Gasteiger partial charge in [0.1, 0.15) is 10.7 Å². The number of anilines is 1. The molecule has 0 bridgehead atoms. The van der Waals surface area contributed by atoms with Gasteiger partial charge in [0.25, 0.3) is 0 Å². The average molecular weight is 315 g/mol. The van der Waals surface area contributed by atoms with Crippen molar-refractivity contribution in [1.82, 2.24) is 9.62 Å². The highest BCUT2D eigenvalue weighted by Crippen LogP contribution is 2.17. The van der Waals surface area contributed by atoms with Gasteiger partial charge in [0.15, 0.2) is 0 Å². The minimum Gasteiger partial charge on any atom is -0.399 e. The van der Waals surface area contributed by atoms with Crippen molar-refractivity contribution in [2.45, 2.75) is 37.1 Å². The molecule has 0 aromatic heterocycles. The number of nitrogen functional groups attached to an aromatic ring is 1. The number of hydrogen-bond donors (Lipinski definition) is 2. The van der Waals surface area contributed by atoms with E-state index in [1.54, 1.807) is 6.92 Å². The molecule has 3 N–H and O–H groups in total. The highest BCUT2D eigenvalue weighted by Gasteiger charge is 2.23. The van der Waals surface area contributed by atoms with E-state index in [0.717, 1.165) is 32.0 Å². The first-order valence-corrected chi connectivity index (χ1v) is 8.66. The van der Waals surface area contributed by atoms with Crippen molar-refractivity contribution in [2.24, 2.45) is 0 Å². The molecule has 1 fully saturated rings. The summed E-state index contributed by atoms with van der Waals surface area (Å²) < 4.78 is 40.7. The molecule has 0 amide bonds. The van der Waals surface area contributed by atoms with E-state index in [4.69, 9.17) is 5.73 Å². The van der Waals surface area contributed by atoms with Gasteiger partial charge in [-0.15, -0.1) is 0 Å². The highest BCUT2D eigenvalue weighted by molar-refractivity contribution is 7.89. The summed E-state index contributed by atoms with van der Waals surface area (Å²) in [6, 6.07) is 3.32. The molecule has 7 heteroatoms. The van der Waals surface area contributed by atoms with Gasteiger partial charge in [-0.3, -0.25) is 0 Å². The molecular weight excluding hydrogens is 293 g/mol. The number of nitrogens with two attached hydrogens (primary N) is 1. The van der Waals surface area contributed by atoms with Crippen LogP contribution < -0.4 is 10.5 Å². The maximum Gasteiger partial charge on any atom is 0.243 e. The highest BCUT2D eigenvalue weighted by atomic mass is 32.2. The number of likely N-dealkylation sites (tertiary alicyclic amines) is 1. The second kappa shape index (κ2) is 6.72. The zero-order chi connectivity index (χ0) is 15.5. The van der Waals surface area contributed by atoms with E-state index in [1.165, 1.54) is 18.6 Å². The SMILES string of the molecule is CC(CN1CCCCC1)NS(=O)(=O)c1ccc(N)cc1F. The fraction of sp³-hybridized carbons (Fsp3) is 0.571. The van der Waals surface area contributed by atoms with Crippen LogP contribution in [0.4, 0.5) is 10.1 Å². The molecule has 1 aromatic rings. The first kappa shape index (κ1) is 16.2. The summed E-state index contributed by atoms with van der Waals surface area (Å²) in [5.41, 5.74) is 5.64. The van der Waals surface area contributed by atoms with Gasteiger partial charge in [-0.2, -0.15) is 0 Å². The quantitative estimate of drug-likeness (QED) is 0.809. The van der Waals surface area contributed by atoms with Crippen LogP contribution >= 0.6 is 0 Å². The molecule has 1 saturated heterocycles. The van der Waals surface area contributed by atoms with Gasteiger partial charge in [-0.25, -0.2) is 17.5 Å². The number of nitrogens with one attached hydrogen (secondary N) is 1. The predicted molar refractivity (Wildman–Crippen MR) is 80.9 cm³/mol. The molecule has 1 aromatic carbocycles. The van der Waals surface area contributed by atoms with E-state index >= 15 is 0 Å². The van der Waals surface area contributed by atoms with Crippen molar-refractivity contribution < 1.29 is 12.8 Å². The van der Waals surface area contributed by atoms with Crippen molar-refractivity contribution in [3.05, 3.63) is 24.0 Å². The molecule has 0 aliphatic carbocycles. The van der Waals surface area contributed by atoms with Crippen LogP contribution in [0.15, 0.2) is 23.1 Å². The second-order valence-corrected chi connectivity index (χ2v) is 7.26. The van der Waals surface area contributed by atoms with Gasteiger partial charge in [0.2, 0.25) is 10.0 Å². The second-order valence-electron chi connectivity index (χ2n) is 5.57. The number of halogens is 1. The number of nitrogens with zero attached hydrogens (tertiary/aromatic N) is 1. The van der Waals surface area contributed by atoms with Gasteiger partial charge in [0.05, 0.1) is 0 Å². The lowest BCUT2D eigenvalue weighted by molar-refractivity contribution is 0.215. The monoisotopic (exact) mass is 315 g/mol. The molecule has 1 unspecified atom stereocenters.